The maximum atomic E-state index is 12.6. The van der Waals surface area contributed by atoms with Crippen LogP contribution in [0, 0.1) is 0 Å². The highest BCUT2D eigenvalue weighted by Gasteiger charge is 2.29. The lowest BCUT2D eigenvalue weighted by Gasteiger charge is -2.25. The Bertz CT molecular complexity index is 825. The number of aromatic nitrogens is 2. The molecule has 26 heavy (non-hydrogen) atoms. The topological polar surface area (TPSA) is 76.5 Å². The molecule has 0 aliphatic carbocycles. The maximum Gasteiger partial charge on any atom is 0.341 e. The molecule has 0 atom stereocenters. The van der Waals surface area contributed by atoms with E-state index in [0.717, 1.165) is 36.5 Å². The number of carbonyl (C=O) groups is 2. The Hall–Kier alpha value is -2.19. The van der Waals surface area contributed by atoms with Crippen LogP contribution in [0.1, 0.15) is 58.1 Å². The standard InChI is InChI=1S/C18H24N4O3S/c1-5-21-8-6-12-14(10-21)26-17(15(12)18(24)25-4)19-16(23)13-7-9-22(20-13)11(2)3/h7,9,11H,5-6,8,10H2,1-4H3,(H,19,23). The molecule has 2 aromatic rings. The second kappa shape index (κ2) is 7.59. The van der Waals surface area contributed by atoms with Crippen molar-refractivity contribution in [1.82, 2.24) is 14.7 Å². The van der Waals surface area contributed by atoms with Crippen LogP contribution >= 0.6 is 11.3 Å². The lowest BCUT2D eigenvalue weighted by atomic mass is 10.0. The molecule has 3 rings (SSSR count). The van der Waals surface area contributed by atoms with Crippen molar-refractivity contribution in [2.45, 2.75) is 39.8 Å². The van der Waals surface area contributed by atoms with E-state index in [4.69, 9.17) is 4.74 Å². The van der Waals surface area contributed by atoms with Gasteiger partial charge in [0.25, 0.3) is 5.91 Å². The van der Waals surface area contributed by atoms with E-state index >= 15 is 0 Å². The van der Waals surface area contributed by atoms with E-state index in [1.54, 1.807) is 16.9 Å². The number of carbonyl (C=O) groups excluding carboxylic acids is 2. The second-order valence-electron chi connectivity index (χ2n) is 6.55. The SMILES string of the molecule is CCN1CCc2c(sc(NC(=O)c3ccn(C(C)C)n3)c2C(=O)OC)C1. The number of likely N-dealkylation sites (N-methyl/N-ethyl adjacent to an activating group) is 1. The Morgan fingerprint density at radius 2 is 2.19 bits per heavy atom. The number of nitrogens with zero attached hydrogens (tertiary/aromatic N) is 3. The molecule has 2 aromatic heterocycles. The molecule has 7 nitrogen and oxygen atoms in total. The number of hydrogen-bond acceptors (Lipinski definition) is 6. The van der Waals surface area contributed by atoms with Gasteiger partial charge in [-0.3, -0.25) is 14.4 Å². The normalized spacial score (nSPS) is 14.3. The molecule has 1 amide bonds. The van der Waals surface area contributed by atoms with Crippen LogP contribution in [-0.4, -0.2) is 46.8 Å². The molecule has 0 spiro atoms. The van der Waals surface area contributed by atoms with E-state index < -0.39 is 5.97 Å². The molecule has 8 heteroatoms. The third-order valence-electron chi connectivity index (χ3n) is 4.57. The molecule has 0 aromatic carbocycles. The van der Waals surface area contributed by atoms with Crippen LogP contribution in [-0.2, 0) is 17.7 Å². The minimum absolute atomic E-state index is 0.177. The number of thiophene rings is 1. The molecule has 140 valence electrons. The molecule has 1 aliphatic heterocycles. The molecular weight excluding hydrogens is 352 g/mol. The monoisotopic (exact) mass is 376 g/mol. The highest BCUT2D eigenvalue weighted by molar-refractivity contribution is 7.17. The summed E-state index contributed by atoms with van der Waals surface area (Å²) in [6.45, 7) is 8.76. The van der Waals surface area contributed by atoms with Gasteiger partial charge in [0.15, 0.2) is 5.69 Å². The molecule has 3 heterocycles. The van der Waals surface area contributed by atoms with Crippen LogP contribution in [0.25, 0.3) is 0 Å². The average Bonchev–Trinajstić information content (AvgIpc) is 3.25. The van der Waals surface area contributed by atoms with Crippen molar-refractivity contribution in [3.8, 4) is 0 Å². The van der Waals surface area contributed by atoms with Crippen LogP contribution in [0.3, 0.4) is 0 Å². The fourth-order valence-electron chi connectivity index (χ4n) is 3.05. The summed E-state index contributed by atoms with van der Waals surface area (Å²) in [5.41, 5.74) is 1.81. The average molecular weight is 376 g/mol. The minimum atomic E-state index is -0.407. The second-order valence-corrected chi connectivity index (χ2v) is 7.65. The fourth-order valence-corrected chi connectivity index (χ4v) is 4.32. The summed E-state index contributed by atoms with van der Waals surface area (Å²) in [6, 6.07) is 1.86. The van der Waals surface area contributed by atoms with Crippen molar-refractivity contribution in [3.05, 3.63) is 34.0 Å². The third kappa shape index (κ3) is 3.52. The first kappa shape index (κ1) is 18.6. The van der Waals surface area contributed by atoms with E-state index in [2.05, 4.69) is 22.2 Å². The van der Waals surface area contributed by atoms with Crippen LogP contribution in [0.2, 0.25) is 0 Å². The summed E-state index contributed by atoms with van der Waals surface area (Å²) in [6.07, 6.45) is 2.56. The third-order valence-corrected chi connectivity index (χ3v) is 5.70. The highest BCUT2D eigenvalue weighted by Crippen LogP contribution is 2.37. The molecule has 1 aliphatic rings. The minimum Gasteiger partial charge on any atom is -0.465 e. The number of methoxy groups -OCH3 is 1. The van der Waals surface area contributed by atoms with Gasteiger partial charge in [0.2, 0.25) is 0 Å². The molecule has 0 saturated heterocycles. The Morgan fingerprint density at radius 1 is 1.42 bits per heavy atom. The zero-order chi connectivity index (χ0) is 18.8. The number of ether oxygens (including phenoxy) is 1. The van der Waals surface area contributed by atoms with Crippen molar-refractivity contribution in [2.24, 2.45) is 0 Å². The Balaban J connectivity index is 1.90. The van der Waals surface area contributed by atoms with Gasteiger partial charge in [-0.15, -0.1) is 11.3 Å². The molecule has 0 fully saturated rings. The summed E-state index contributed by atoms with van der Waals surface area (Å²) in [5.74, 6) is -0.726. The van der Waals surface area contributed by atoms with Crippen LogP contribution in [0.5, 0.6) is 0 Å². The zero-order valence-corrected chi connectivity index (χ0v) is 16.4. The van der Waals surface area contributed by atoms with E-state index in [9.17, 15) is 9.59 Å². The number of esters is 1. The van der Waals surface area contributed by atoms with Crippen molar-refractivity contribution < 1.29 is 14.3 Å². The summed E-state index contributed by atoms with van der Waals surface area (Å²) in [4.78, 5) is 28.4. The van der Waals surface area contributed by atoms with Gasteiger partial charge >= 0.3 is 5.97 Å². The Labute approximate surface area is 156 Å². The van der Waals surface area contributed by atoms with Crippen LogP contribution in [0.15, 0.2) is 12.3 Å². The van der Waals surface area contributed by atoms with E-state index in [1.807, 2.05) is 13.8 Å². The summed E-state index contributed by atoms with van der Waals surface area (Å²) in [5, 5.41) is 7.71. The first-order valence-corrected chi connectivity index (χ1v) is 9.57. The Morgan fingerprint density at radius 3 is 2.81 bits per heavy atom. The molecule has 0 saturated carbocycles. The van der Waals surface area contributed by atoms with Gasteiger partial charge in [0, 0.05) is 30.2 Å². The molecule has 0 radical (unpaired) electrons. The smallest absolute Gasteiger partial charge is 0.341 e. The van der Waals surface area contributed by atoms with E-state index in [0.29, 0.717) is 16.3 Å². The maximum absolute atomic E-state index is 12.6. The largest absolute Gasteiger partial charge is 0.465 e. The van der Waals surface area contributed by atoms with Gasteiger partial charge in [-0.25, -0.2) is 4.79 Å². The number of nitrogens with one attached hydrogen (secondary N) is 1. The number of anilines is 1. The van der Waals surface area contributed by atoms with Crippen molar-refractivity contribution >= 4 is 28.2 Å². The first-order chi connectivity index (χ1) is 12.4. The number of rotatable bonds is 5. The first-order valence-electron chi connectivity index (χ1n) is 8.76. The highest BCUT2D eigenvalue weighted by atomic mass is 32.1. The lowest BCUT2D eigenvalue weighted by Crippen LogP contribution is -2.29. The number of hydrogen-bond donors (Lipinski definition) is 1. The summed E-state index contributed by atoms with van der Waals surface area (Å²) >= 11 is 1.45. The quantitative estimate of drug-likeness (QED) is 0.812. The fraction of sp³-hybridized carbons (Fsp3) is 0.500. The van der Waals surface area contributed by atoms with Crippen molar-refractivity contribution in [1.29, 1.82) is 0 Å². The van der Waals surface area contributed by atoms with Crippen LogP contribution in [0.4, 0.5) is 5.00 Å². The molecule has 1 N–H and O–H groups in total. The predicted octanol–water partition coefficient (Wildman–Crippen LogP) is 2.94. The summed E-state index contributed by atoms with van der Waals surface area (Å²) in [7, 11) is 1.36. The van der Waals surface area contributed by atoms with E-state index in [-0.39, 0.29) is 11.9 Å². The van der Waals surface area contributed by atoms with Gasteiger partial charge in [-0.2, -0.15) is 5.10 Å². The number of fused-ring (bicyclic) bond motifs is 1. The van der Waals surface area contributed by atoms with Crippen molar-refractivity contribution in [3.63, 3.8) is 0 Å². The Kier molecular flexibility index (Phi) is 5.43. The zero-order valence-electron chi connectivity index (χ0n) is 15.5. The molecular formula is C18H24N4O3S. The van der Waals surface area contributed by atoms with Gasteiger partial charge < -0.3 is 10.1 Å². The number of amides is 1. The van der Waals surface area contributed by atoms with Gasteiger partial charge in [-0.05, 0) is 38.4 Å². The van der Waals surface area contributed by atoms with Crippen molar-refractivity contribution in [2.75, 3.05) is 25.5 Å². The van der Waals surface area contributed by atoms with Gasteiger partial charge in [0.1, 0.15) is 5.00 Å². The van der Waals surface area contributed by atoms with Gasteiger partial charge in [-0.1, -0.05) is 6.92 Å². The summed E-state index contributed by atoms with van der Waals surface area (Å²) < 4.78 is 6.69. The van der Waals surface area contributed by atoms with E-state index in [1.165, 1.54) is 18.4 Å². The van der Waals surface area contributed by atoms with Crippen LogP contribution < -0.4 is 5.32 Å². The predicted molar refractivity (Wildman–Crippen MR) is 101 cm³/mol. The molecule has 0 bridgehead atoms. The van der Waals surface area contributed by atoms with Gasteiger partial charge in [0.05, 0.1) is 12.7 Å². The molecule has 0 unspecified atom stereocenters. The lowest BCUT2D eigenvalue weighted by molar-refractivity contribution is 0.0600.